The van der Waals surface area contributed by atoms with Gasteiger partial charge in [-0.1, -0.05) is 159 Å². The molecule has 2 aliphatic rings. The zero-order chi connectivity index (χ0) is 39.0. The van der Waals surface area contributed by atoms with Crippen LogP contribution in [0.15, 0.2) is 180 Å². The van der Waals surface area contributed by atoms with Crippen LogP contribution in [0.4, 0.5) is 0 Å². The summed E-state index contributed by atoms with van der Waals surface area (Å²) in [5, 5.41) is 6.98. The van der Waals surface area contributed by atoms with Gasteiger partial charge in [0.25, 0.3) is 0 Å². The van der Waals surface area contributed by atoms with E-state index in [0.29, 0.717) is 23.4 Å². The van der Waals surface area contributed by atoms with Gasteiger partial charge in [0.2, 0.25) is 0 Å². The summed E-state index contributed by atoms with van der Waals surface area (Å²) < 4.78 is 13.4. The average molecular weight is 760 g/mol. The van der Waals surface area contributed by atoms with Gasteiger partial charge in [-0.3, -0.25) is 0 Å². The number of fused-ring (bicyclic) bond motifs is 8. The summed E-state index contributed by atoms with van der Waals surface area (Å²) in [5.41, 5.74) is 10.4. The van der Waals surface area contributed by atoms with Gasteiger partial charge in [0.05, 0.1) is 5.92 Å². The quantitative estimate of drug-likeness (QED) is 0.175. The Balaban J connectivity index is 0.992. The zero-order valence-corrected chi connectivity index (χ0v) is 32.3. The third-order valence-corrected chi connectivity index (χ3v) is 12.4. The second kappa shape index (κ2) is 13.4. The van der Waals surface area contributed by atoms with E-state index in [1.165, 1.54) is 21.7 Å². The van der Waals surface area contributed by atoms with E-state index in [9.17, 15) is 0 Å². The summed E-state index contributed by atoms with van der Waals surface area (Å²) in [5.74, 6) is 3.14. The fraction of sp³-hybridized carbons (Fsp3) is 0.0926. The SMILES string of the molecule is CC1CC=C(c2nc(-c3ccc(-c4ccc5ccccc5c4)cc3)nc(-c3ccc4ccccc4c3)n2)C2c3cccc(-c4cccc5oc6ccccc6c45)c3OC12. The highest BCUT2D eigenvalue weighted by atomic mass is 16.5. The minimum atomic E-state index is -0.0722. The van der Waals surface area contributed by atoms with Crippen molar-refractivity contribution in [3.05, 3.63) is 187 Å². The molecule has 0 bridgehead atoms. The first-order valence-electron chi connectivity index (χ1n) is 20.4. The van der Waals surface area contributed by atoms with Crippen LogP contribution in [0, 0.1) is 5.92 Å². The molecule has 0 amide bonds. The number of hydrogen-bond acceptors (Lipinski definition) is 5. The molecule has 3 unspecified atom stereocenters. The second-order valence-corrected chi connectivity index (χ2v) is 15.9. The van der Waals surface area contributed by atoms with Gasteiger partial charge in [0.15, 0.2) is 17.5 Å². The molecule has 0 radical (unpaired) electrons. The van der Waals surface area contributed by atoms with E-state index in [4.69, 9.17) is 24.1 Å². The molecule has 5 nitrogen and oxygen atoms in total. The summed E-state index contributed by atoms with van der Waals surface area (Å²) >= 11 is 0. The molecule has 5 heteroatoms. The second-order valence-electron chi connectivity index (χ2n) is 15.9. The molecule has 0 saturated carbocycles. The highest BCUT2D eigenvalue weighted by Gasteiger charge is 2.44. The van der Waals surface area contributed by atoms with Gasteiger partial charge in [-0.2, -0.15) is 0 Å². The average Bonchev–Trinajstić information content (AvgIpc) is 3.89. The number of nitrogens with zero attached hydrogens (tertiary/aromatic N) is 3. The van der Waals surface area contributed by atoms with Crippen molar-refractivity contribution in [2.45, 2.75) is 25.4 Å². The summed E-state index contributed by atoms with van der Waals surface area (Å²) in [6.07, 6.45) is 3.12. The zero-order valence-electron chi connectivity index (χ0n) is 32.3. The van der Waals surface area contributed by atoms with Gasteiger partial charge in [0, 0.05) is 38.6 Å². The van der Waals surface area contributed by atoms with Crippen molar-refractivity contribution in [3.63, 3.8) is 0 Å². The molecule has 59 heavy (non-hydrogen) atoms. The Morgan fingerprint density at radius 2 is 1.08 bits per heavy atom. The van der Waals surface area contributed by atoms with Gasteiger partial charge in [-0.25, -0.2) is 15.0 Å². The van der Waals surface area contributed by atoms with Crippen LogP contribution in [0.1, 0.15) is 30.7 Å². The van der Waals surface area contributed by atoms with E-state index < -0.39 is 0 Å². The molecule has 10 aromatic rings. The van der Waals surface area contributed by atoms with Crippen molar-refractivity contribution in [3.8, 4) is 50.8 Å². The fourth-order valence-corrected chi connectivity index (χ4v) is 9.39. The van der Waals surface area contributed by atoms with Crippen molar-refractivity contribution < 1.29 is 9.15 Å². The van der Waals surface area contributed by atoms with Crippen LogP contribution >= 0.6 is 0 Å². The number of hydrogen-bond donors (Lipinski definition) is 0. The van der Waals surface area contributed by atoms with Crippen LogP contribution < -0.4 is 4.74 Å². The van der Waals surface area contributed by atoms with Crippen molar-refractivity contribution in [2.24, 2.45) is 5.92 Å². The molecule has 3 heterocycles. The lowest BCUT2D eigenvalue weighted by Crippen LogP contribution is -2.31. The number of furan rings is 1. The lowest BCUT2D eigenvalue weighted by atomic mass is 9.76. The standard InChI is InChI=1S/C54H37N3O2/c1-32-20-29-45(49-44-17-8-16-42(51(44)59-50(32)49)41-15-9-19-47-48(41)43-14-6-7-18-46(43)58-47)54-56-52(55-53(57-54)40-28-24-34-11-3-5-13-38(34)31-40)36-25-21-35(22-26-36)39-27-23-33-10-2-4-12-37(33)30-39/h2-19,21-32,49-50H,20H2,1H3. The Morgan fingerprint density at radius 1 is 0.492 bits per heavy atom. The molecular formula is C54H37N3O2. The van der Waals surface area contributed by atoms with Gasteiger partial charge < -0.3 is 9.15 Å². The Morgan fingerprint density at radius 3 is 1.88 bits per heavy atom. The predicted octanol–water partition coefficient (Wildman–Crippen LogP) is 13.7. The minimum absolute atomic E-state index is 0.0519. The number of ether oxygens (including phenoxy) is 1. The lowest BCUT2D eigenvalue weighted by molar-refractivity contribution is 0.155. The van der Waals surface area contributed by atoms with Crippen molar-refractivity contribution >= 4 is 49.1 Å². The van der Waals surface area contributed by atoms with Gasteiger partial charge in [-0.15, -0.1) is 0 Å². The molecular weight excluding hydrogens is 723 g/mol. The molecule has 1 aliphatic heterocycles. The molecule has 0 spiro atoms. The minimum Gasteiger partial charge on any atom is -0.488 e. The first kappa shape index (κ1) is 33.7. The molecule has 0 saturated heterocycles. The molecule has 280 valence electrons. The third kappa shape index (κ3) is 5.57. The number of aromatic nitrogens is 3. The Hall–Kier alpha value is -7.37. The number of para-hydroxylation sites is 2. The van der Waals surface area contributed by atoms with Crippen LogP contribution in [0.25, 0.3) is 94.1 Å². The molecule has 3 atom stereocenters. The predicted molar refractivity (Wildman–Crippen MR) is 239 cm³/mol. The maximum absolute atomic E-state index is 7.12. The molecule has 12 rings (SSSR count). The number of benzene rings is 8. The maximum Gasteiger partial charge on any atom is 0.164 e. The summed E-state index contributed by atoms with van der Waals surface area (Å²) in [6.45, 7) is 2.29. The summed E-state index contributed by atoms with van der Waals surface area (Å²) in [4.78, 5) is 15.8. The summed E-state index contributed by atoms with van der Waals surface area (Å²) in [6, 6.07) is 59.7. The van der Waals surface area contributed by atoms with Crippen LogP contribution in [0.3, 0.4) is 0 Å². The van der Waals surface area contributed by atoms with Gasteiger partial charge in [0.1, 0.15) is 23.0 Å². The van der Waals surface area contributed by atoms with E-state index in [1.54, 1.807) is 0 Å². The highest BCUT2D eigenvalue weighted by Crippen LogP contribution is 2.54. The van der Waals surface area contributed by atoms with Crippen molar-refractivity contribution in [1.82, 2.24) is 15.0 Å². The van der Waals surface area contributed by atoms with E-state index in [-0.39, 0.29) is 12.0 Å². The monoisotopic (exact) mass is 759 g/mol. The van der Waals surface area contributed by atoms with Gasteiger partial charge >= 0.3 is 0 Å². The molecule has 0 N–H and O–H groups in total. The Bertz CT molecular complexity index is 3330. The number of allylic oxidation sites excluding steroid dienone is 1. The molecule has 8 aromatic carbocycles. The third-order valence-electron chi connectivity index (χ3n) is 12.4. The normalized spacial score (nSPS) is 17.2. The topological polar surface area (TPSA) is 61.0 Å². The van der Waals surface area contributed by atoms with E-state index >= 15 is 0 Å². The molecule has 2 aromatic heterocycles. The van der Waals surface area contributed by atoms with Gasteiger partial charge in [-0.05, 0) is 74.8 Å². The maximum atomic E-state index is 7.12. The Kier molecular flexibility index (Phi) is 7.64. The van der Waals surface area contributed by atoms with Crippen molar-refractivity contribution in [1.29, 1.82) is 0 Å². The van der Waals surface area contributed by atoms with E-state index in [2.05, 4.69) is 165 Å². The fourth-order valence-electron chi connectivity index (χ4n) is 9.39. The first-order valence-corrected chi connectivity index (χ1v) is 20.4. The van der Waals surface area contributed by atoms with Crippen LogP contribution in [0.5, 0.6) is 5.75 Å². The van der Waals surface area contributed by atoms with Crippen LogP contribution in [-0.4, -0.2) is 21.1 Å². The first-order chi connectivity index (χ1) is 29.1. The van der Waals surface area contributed by atoms with E-state index in [1.807, 2.05) is 18.2 Å². The van der Waals surface area contributed by atoms with E-state index in [0.717, 1.165) is 78.4 Å². The Labute approximate surface area is 341 Å². The largest absolute Gasteiger partial charge is 0.488 e. The van der Waals surface area contributed by atoms with Crippen LogP contribution in [-0.2, 0) is 0 Å². The highest BCUT2D eigenvalue weighted by molar-refractivity contribution is 6.13. The summed E-state index contributed by atoms with van der Waals surface area (Å²) in [7, 11) is 0. The van der Waals surface area contributed by atoms with Crippen LogP contribution in [0.2, 0.25) is 0 Å². The van der Waals surface area contributed by atoms with Crippen molar-refractivity contribution in [2.75, 3.05) is 0 Å². The lowest BCUT2D eigenvalue weighted by Gasteiger charge is -2.30. The molecule has 1 aliphatic carbocycles. The molecule has 0 fully saturated rings. The number of rotatable bonds is 5. The smallest absolute Gasteiger partial charge is 0.164 e.